The van der Waals surface area contributed by atoms with Crippen LogP contribution in [0.15, 0.2) is 18.6 Å². The van der Waals surface area contributed by atoms with Crippen LogP contribution in [0.25, 0.3) is 0 Å². The highest BCUT2D eigenvalue weighted by atomic mass is 19.1. The Bertz CT molecular complexity index is 174. The first-order chi connectivity index (χ1) is 4.30. The predicted octanol–water partition coefficient (Wildman–Crippen LogP) is 1.51. The Morgan fingerprint density at radius 2 is 2.44 bits per heavy atom. The zero-order valence-corrected chi connectivity index (χ0v) is 5.08. The van der Waals surface area contributed by atoms with E-state index in [0.717, 1.165) is 0 Å². The summed E-state index contributed by atoms with van der Waals surface area (Å²) in [4.78, 5) is 7.34. The van der Waals surface area contributed by atoms with Crippen LogP contribution in [-0.2, 0) is 0 Å². The Hall–Kier alpha value is -0.990. The normalized spacial score (nSPS) is 13.1. The highest BCUT2D eigenvalue weighted by Gasteiger charge is 2.00. The maximum absolute atomic E-state index is 12.3. The van der Waals surface area contributed by atoms with Gasteiger partial charge in [-0.1, -0.05) is 0 Å². The number of hydrogen-bond donors (Lipinski definition) is 0. The fraction of sp³-hybridized carbons (Fsp3) is 0.333. The van der Waals surface area contributed by atoms with Crippen molar-refractivity contribution in [2.24, 2.45) is 0 Å². The Balaban J connectivity index is 2.85. The minimum absolute atomic E-state index is 0.435. The number of halogens is 1. The molecule has 0 fully saturated rings. The first-order valence-corrected chi connectivity index (χ1v) is 2.70. The van der Waals surface area contributed by atoms with Crippen molar-refractivity contribution in [2.45, 2.75) is 13.1 Å². The summed E-state index contributed by atoms with van der Waals surface area (Å²) in [5.41, 5.74) is 0.435. The van der Waals surface area contributed by atoms with Gasteiger partial charge in [-0.2, -0.15) is 0 Å². The lowest BCUT2D eigenvalue weighted by Gasteiger charge is -1.96. The van der Waals surface area contributed by atoms with E-state index >= 15 is 0 Å². The van der Waals surface area contributed by atoms with E-state index in [2.05, 4.69) is 9.97 Å². The van der Waals surface area contributed by atoms with Gasteiger partial charge in [0, 0.05) is 6.20 Å². The van der Waals surface area contributed by atoms with Gasteiger partial charge in [-0.25, -0.2) is 14.4 Å². The van der Waals surface area contributed by atoms with Gasteiger partial charge in [0.15, 0.2) is 0 Å². The van der Waals surface area contributed by atoms with E-state index in [1.807, 2.05) is 0 Å². The number of rotatable bonds is 1. The number of aromatic nitrogens is 2. The minimum atomic E-state index is -0.993. The van der Waals surface area contributed by atoms with Crippen molar-refractivity contribution < 1.29 is 4.39 Å². The number of nitrogens with zero attached hydrogens (tertiary/aromatic N) is 2. The highest BCUT2D eigenvalue weighted by molar-refractivity contribution is 5.00. The molecule has 0 aliphatic heterocycles. The van der Waals surface area contributed by atoms with Gasteiger partial charge >= 0.3 is 0 Å². The zero-order chi connectivity index (χ0) is 6.69. The zero-order valence-electron chi connectivity index (χ0n) is 5.08. The monoisotopic (exact) mass is 126 g/mol. The fourth-order valence-corrected chi connectivity index (χ4v) is 0.536. The molecule has 0 saturated heterocycles. The molecular weight excluding hydrogens is 119 g/mol. The molecular formula is C6H7FN2. The Labute approximate surface area is 52.8 Å². The van der Waals surface area contributed by atoms with Crippen molar-refractivity contribution in [1.29, 1.82) is 0 Å². The quantitative estimate of drug-likeness (QED) is 0.570. The fourth-order valence-electron chi connectivity index (χ4n) is 0.536. The summed E-state index contributed by atoms with van der Waals surface area (Å²) in [5.74, 6) is 0. The molecule has 2 nitrogen and oxygen atoms in total. The molecule has 1 aromatic heterocycles. The first-order valence-electron chi connectivity index (χ1n) is 2.70. The maximum Gasteiger partial charge on any atom is 0.139 e. The molecule has 1 rings (SSSR count). The van der Waals surface area contributed by atoms with Gasteiger partial charge in [-0.15, -0.1) is 0 Å². The van der Waals surface area contributed by atoms with E-state index < -0.39 is 6.17 Å². The largest absolute Gasteiger partial charge is 0.245 e. The molecule has 1 unspecified atom stereocenters. The van der Waals surface area contributed by atoms with Crippen LogP contribution in [0.2, 0.25) is 0 Å². The van der Waals surface area contributed by atoms with Crippen LogP contribution in [0, 0.1) is 0 Å². The molecule has 9 heavy (non-hydrogen) atoms. The van der Waals surface area contributed by atoms with Gasteiger partial charge in [-0.05, 0) is 13.0 Å². The summed E-state index contributed by atoms with van der Waals surface area (Å²) >= 11 is 0. The van der Waals surface area contributed by atoms with Gasteiger partial charge in [0.25, 0.3) is 0 Å². The summed E-state index contributed by atoms with van der Waals surface area (Å²) in [6, 6.07) is 1.56. The van der Waals surface area contributed by atoms with Gasteiger partial charge in [-0.3, -0.25) is 0 Å². The third kappa shape index (κ3) is 1.45. The molecule has 0 aliphatic rings. The second-order valence-corrected chi connectivity index (χ2v) is 1.75. The molecule has 0 radical (unpaired) electrons. The van der Waals surface area contributed by atoms with Gasteiger partial charge in [0.1, 0.15) is 12.5 Å². The summed E-state index contributed by atoms with van der Waals surface area (Å²) in [7, 11) is 0. The van der Waals surface area contributed by atoms with Crippen molar-refractivity contribution in [3.05, 3.63) is 24.3 Å². The number of hydrogen-bond acceptors (Lipinski definition) is 2. The lowest BCUT2D eigenvalue weighted by molar-refractivity contribution is 0.365. The van der Waals surface area contributed by atoms with E-state index in [1.54, 1.807) is 6.07 Å². The second kappa shape index (κ2) is 2.53. The molecule has 48 valence electrons. The highest BCUT2D eigenvalue weighted by Crippen LogP contribution is 2.10. The van der Waals surface area contributed by atoms with Crippen molar-refractivity contribution in [2.75, 3.05) is 0 Å². The summed E-state index contributed by atoms with van der Waals surface area (Å²) in [6.07, 6.45) is 1.87. The van der Waals surface area contributed by atoms with E-state index in [0.29, 0.717) is 5.69 Å². The van der Waals surface area contributed by atoms with Crippen molar-refractivity contribution in [3.8, 4) is 0 Å². The SMILES string of the molecule is CC(F)c1ccncn1. The third-order valence-electron chi connectivity index (χ3n) is 1.01. The van der Waals surface area contributed by atoms with E-state index in [4.69, 9.17) is 0 Å². The molecule has 3 heteroatoms. The average Bonchev–Trinajstić information content (AvgIpc) is 1.90. The Morgan fingerprint density at radius 3 is 2.78 bits per heavy atom. The van der Waals surface area contributed by atoms with Crippen molar-refractivity contribution >= 4 is 0 Å². The first kappa shape index (κ1) is 6.13. The van der Waals surface area contributed by atoms with Crippen molar-refractivity contribution in [1.82, 2.24) is 9.97 Å². The predicted molar refractivity (Wildman–Crippen MR) is 31.6 cm³/mol. The van der Waals surface area contributed by atoms with Crippen LogP contribution < -0.4 is 0 Å². The van der Waals surface area contributed by atoms with Gasteiger partial charge < -0.3 is 0 Å². The van der Waals surface area contributed by atoms with Gasteiger partial charge in [0.2, 0.25) is 0 Å². The average molecular weight is 126 g/mol. The second-order valence-electron chi connectivity index (χ2n) is 1.75. The molecule has 0 bridgehead atoms. The third-order valence-corrected chi connectivity index (χ3v) is 1.01. The summed E-state index contributed by atoms with van der Waals surface area (Å²) in [5, 5.41) is 0. The van der Waals surface area contributed by atoms with Crippen LogP contribution in [0.5, 0.6) is 0 Å². The molecule has 0 aromatic carbocycles. The van der Waals surface area contributed by atoms with E-state index in [9.17, 15) is 4.39 Å². The standard InChI is InChI=1S/C6H7FN2/c1-5(7)6-2-3-8-4-9-6/h2-5H,1H3. The van der Waals surface area contributed by atoms with Crippen LogP contribution in [0.4, 0.5) is 4.39 Å². The summed E-state index contributed by atoms with van der Waals surface area (Å²) < 4.78 is 12.3. The molecule has 1 aromatic rings. The molecule has 0 saturated carbocycles. The molecule has 0 N–H and O–H groups in total. The molecule has 1 heterocycles. The molecule has 0 aliphatic carbocycles. The van der Waals surface area contributed by atoms with Crippen LogP contribution in [-0.4, -0.2) is 9.97 Å². The molecule has 0 spiro atoms. The topological polar surface area (TPSA) is 25.8 Å². The van der Waals surface area contributed by atoms with Crippen LogP contribution in [0.3, 0.4) is 0 Å². The molecule has 0 amide bonds. The minimum Gasteiger partial charge on any atom is -0.245 e. The summed E-state index contributed by atoms with van der Waals surface area (Å²) in [6.45, 7) is 1.45. The molecule has 1 atom stereocenters. The van der Waals surface area contributed by atoms with E-state index in [1.165, 1.54) is 19.4 Å². The number of alkyl halides is 1. The lowest BCUT2D eigenvalue weighted by atomic mass is 10.3. The van der Waals surface area contributed by atoms with Crippen LogP contribution >= 0.6 is 0 Å². The smallest absolute Gasteiger partial charge is 0.139 e. The van der Waals surface area contributed by atoms with Gasteiger partial charge in [0.05, 0.1) is 5.69 Å². The Morgan fingerprint density at radius 1 is 1.67 bits per heavy atom. The van der Waals surface area contributed by atoms with E-state index in [-0.39, 0.29) is 0 Å². The van der Waals surface area contributed by atoms with Crippen molar-refractivity contribution in [3.63, 3.8) is 0 Å². The maximum atomic E-state index is 12.3. The lowest BCUT2D eigenvalue weighted by Crippen LogP contribution is -1.89. The van der Waals surface area contributed by atoms with Crippen LogP contribution in [0.1, 0.15) is 18.8 Å². The Kier molecular flexibility index (Phi) is 1.72.